The Kier molecular flexibility index (Phi) is 8.16. The predicted octanol–water partition coefficient (Wildman–Crippen LogP) is 14.6. The smallest absolute Gasteiger partial charge is 0.235 e. The zero-order valence-corrected chi connectivity index (χ0v) is 32.5. The fourth-order valence-corrected chi connectivity index (χ4v) is 8.95. The maximum Gasteiger partial charge on any atom is 0.235 e. The fourth-order valence-electron chi connectivity index (χ4n) is 8.95. The highest BCUT2D eigenvalue weighted by Crippen LogP contribution is 2.43. The molecule has 0 aliphatic carbocycles. The third kappa shape index (κ3) is 5.53. The average molecular weight is 755 g/mol. The van der Waals surface area contributed by atoms with Crippen molar-refractivity contribution in [1.29, 1.82) is 0 Å². The number of hydrogen-bond acceptors (Lipinski definition) is 2. The van der Waals surface area contributed by atoms with Gasteiger partial charge in [0.2, 0.25) is 5.95 Å². The lowest BCUT2D eigenvalue weighted by Crippen LogP contribution is -2.03. The van der Waals surface area contributed by atoms with Crippen molar-refractivity contribution in [1.82, 2.24) is 19.1 Å². The van der Waals surface area contributed by atoms with Crippen molar-refractivity contribution in [2.45, 2.75) is 6.92 Å². The third-order valence-corrected chi connectivity index (χ3v) is 11.6. The Morgan fingerprint density at radius 2 is 1.08 bits per heavy atom. The van der Waals surface area contributed by atoms with Gasteiger partial charge in [-0.25, -0.2) is 9.97 Å². The summed E-state index contributed by atoms with van der Waals surface area (Å²) in [5.41, 5.74) is 13.0. The highest BCUT2D eigenvalue weighted by Gasteiger charge is 2.21. The molecule has 0 aliphatic rings. The number of aromatic nitrogens is 4. The highest BCUT2D eigenvalue weighted by atomic mass is 15.2. The van der Waals surface area contributed by atoms with Crippen LogP contribution in [0.2, 0.25) is 0 Å². The van der Waals surface area contributed by atoms with E-state index in [0.29, 0.717) is 5.95 Å². The molecule has 4 nitrogen and oxygen atoms in total. The van der Waals surface area contributed by atoms with Gasteiger partial charge in [-0.2, -0.15) is 0 Å². The number of nitrogens with zero attached hydrogens (tertiary/aromatic N) is 4. The van der Waals surface area contributed by atoms with Crippen LogP contribution in [-0.2, 0) is 0 Å². The van der Waals surface area contributed by atoms with Crippen LogP contribution in [0, 0.1) is 0 Å². The molecule has 0 amide bonds. The zero-order valence-electron chi connectivity index (χ0n) is 32.5. The lowest BCUT2D eigenvalue weighted by atomic mass is 9.94. The van der Waals surface area contributed by atoms with Crippen LogP contribution in [-0.4, -0.2) is 19.1 Å². The molecule has 3 aromatic heterocycles. The summed E-state index contributed by atoms with van der Waals surface area (Å²) in [6.45, 7) is 6.27. The lowest BCUT2D eigenvalue weighted by Gasteiger charge is -2.14. The molecule has 0 spiro atoms. The minimum absolute atomic E-state index is 0.641. The Balaban J connectivity index is 1.16. The van der Waals surface area contributed by atoms with E-state index in [9.17, 15) is 0 Å². The summed E-state index contributed by atoms with van der Waals surface area (Å²) in [5.74, 6) is 0.641. The molecule has 11 aromatic rings. The first kappa shape index (κ1) is 34.4. The van der Waals surface area contributed by atoms with Crippen molar-refractivity contribution in [2.75, 3.05) is 0 Å². The fraction of sp³-hybridized carbons (Fsp3) is 0.0182. The standard InChI is InChI=1S/C55H38N4/c1-3-5-19-40(4-2)58-50-26-15-13-22-43(50)48-35-47(41-20-9-10-23-45(41)54(48)58)39-32-33-44-42-21-12-16-27-51(42)59(52(44)34-39)55-56-49-25-14-11-24-46(49)53(57-55)38-30-28-37(29-31-38)36-17-7-6-8-18-36/h3-35H,2H2,1H3/b5-3-,40-19+. The minimum Gasteiger partial charge on any atom is -0.309 e. The summed E-state index contributed by atoms with van der Waals surface area (Å²) in [6, 6.07) is 62.8. The maximum atomic E-state index is 5.42. The summed E-state index contributed by atoms with van der Waals surface area (Å²) in [5, 5.41) is 8.10. The molecule has 0 aliphatic heterocycles. The summed E-state index contributed by atoms with van der Waals surface area (Å²) in [4.78, 5) is 10.7. The van der Waals surface area contributed by atoms with Crippen molar-refractivity contribution in [3.63, 3.8) is 0 Å². The molecule has 0 saturated heterocycles. The van der Waals surface area contributed by atoms with Gasteiger partial charge in [0, 0.05) is 43.6 Å². The van der Waals surface area contributed by atoms with Crippen molar-refractivity contribution >= 4 is 71.0 Å². The Morgan fingerprint density at radius 1 is 0.492 bits per heavy atom. The third-order valence-electron chi connectivity index (χ3n) is 11.6. The van der Waals surface area contributed by atoms with Crippen LogP contribution in [0.1, 0.15) is 6.92 Å². The molecule has 0 bridgehead atoms. The molecule has 0 N–H and O–H groups in total. The van der Waals surface area contributed by atoms with E-state index in [1.54, 1.807) is 0 Å². The van der Waals surface area contributed by atoms with Crippen LogP contribution in [0.5, 0.6) is 0 Å². The summed E-state index contributed by atoms with van der Waals surface area (Å²) in [7, 11) is 0. The van der Waals surface area contributed by atoms with Gasteiger partial charge in [-0.05, 0) is 77.0 Å². The van der Waals surface area contributed by atoms with Gasteiger partial charge in [0.25, 0.3) is 0 Å². The van der Waals surface area contributed by atoms with Crippen molar-refractivity contribution < 1.29 is 0 Å². The normalized spacial score (nSPS) is 12.3. The van der Waals surface area contributed by atoms with Crippen LogP contribution in [0.4, 0.5) is 0 Å². The molecule has 8 aromatic carbocycles. The van der Waals surface area contributed by atoms with E-state index in [4.69, 9.17) is 9.97 Å². The van der Waals surface area contributed by atoms with Gasteiger partial charge in [-0.15, -0.1) is 0 Å². The van der Waals surface area contributed by atoms with Gasteiger partial charge in [0.15, 0.2) is 0 Å². The Labute approximate surface area is 342 Å². The number of benzene rings is 8. The summed E-state index contributed by atoms with van der Waals surface area (Å²) < 4.78 is 4.60. The number of hydrogen-bond donors (Lipinski definition) is 0. The Morgan fingerprint density at radius 3 is 1.85 bits per heavy atom. The molecular formula is C55H38N4. The first-order valence-electron chi connectivity index (χ1n) is 20.1. The first-order valence-corrected chi connectivity index (χ1v) is 20.1. The van der Waals surface area contributed by atoms with E-state index in [1.807, 2.05) is 13.0 Å². The lowest BCUT2D eigenvalue weighted by molar-refractivity contribution is 1.01. The van der Waals surface area contributed by atoms with Gasteiger partial charge in [0.05, 0.1) is 33.3 Å². The Bertz CT molecular complexity index is 3510. The van der Waals surface area contributed by atoms with E-state index in [1.165, 1.54) is 43.8 Å². The van der Waals surface area contributed by atoms with E-state index < -0.39 is 0 Å². The predicted molar refractivity (Wildman–Crippen MR) is 250 cm³/mol. The van der Waals surface area contributed by atoms with E-state index in [0.717, 1.165) is 60.7 Å². The van der Waals surface area contributed by atoms with Crippen LogP contribution >= 0.6 is 0 Å². The number of allylic oxidation sites excluding steroid dienone is 5. The molecule has 0 atom stereocenters. The van der Waals surface area contributed by atoms with Crippen molar-refractivity contribution in [3.8, 4) is 39.5 Å². The van der Waals surface area contributed by atoms with Gasteiger partial charge in [0.1, 0.15) is 0 Å². The first-order chi connectivity index (χ1) is 29.2. The largest absolute Gasteiger partial charge is 0.309 e. The monoisotopic (exact) mass is 754 g/mol. The molecular weight excluding hydrogens is 717 g/mol. The molecule has 11 rings (SSSR count). The molecule has 0 saturated carbocycles. The second-order valence-corrected chi connectivity index (χ2v) is 15.0. The van der Waals surface area contributed by atoms with Crippen molar-refractivity contribution in [3.05, 3.63) is 207 Å². The van der Waals surface area contributed by atoms with Crippen molar-refractivity contribution in [2.24, 2.45) is 0 Å². The molecule has 0 unspecified atom stereocenters. The van der Waals surface area contributed by atoms with E-state index in [2.05, 4.69) is 210 Å². The van der Waals surface area contributed by atoms with Gasteiger partial charge in [-0.1, -0.05) is 164 Å². The van der Waals surface area contributed by atoms with Crippen LogP contribution in [0.15, 0.2) is 207 Å². The number of fused-ring (bicyclic) bond motifs is 9. The summed E-state index contributed by atoms with van der Waals surface area (Å²) >= 11 is 0. The van der Waals surface area contributed by atoms with Crippen LogP contribution < -0.4 is 0 Å². The van der Waals surface area contributed by atoms with Gasteiger partial charge >= 0.3 is 0 Å². The average Bonchev–Trinajstić information content (AvgIpc) is 3.82. The minimum atomic E-state index is 0.641. The number of rotatable bonds is 7. The van der Waals surface area contributed by atoms with Gasteiger partial charge < -0.3 is 4.57 Å². The quantitative estimate of drug-likeness (QED) is 0.152. The molecule has 0 fully saturated rings. The van der Waals surface area contributed by atoms with Gasteiger partial charge in [-0.3, -0.25) is 4.57 Å². The molecule has 3 heterocycles. The second kappa shape index (κ2) is 14.0. The van der Waals surface area contributed by atoms with Crippen LogP contribution in [0.3, 0.4) is 0 Å². The SMILES string of the molecule is C=C/C(=C\C=C/C)n1c2ccccc2c2cc(-c3ccc4c5ccccc5n(-c5nc(-c6ccc(-c7ccccc7)cc6)c6ccccc6n5)c4c3)c3ccccc3c21. The van der Waals surface area contributed by atoms with E-state index in [-0.39, 0.29) is 0 Å². The van der Waals surface area contributed by atoms with E-state index >= 15 is 0 Å². The Hall–Kier alpha value is -7.82. The topological polar surface area (TPSA) is 35.6 Å². The highest BCUT2D eigenvalue weighted by molar-refractivity contribution is 6.23. The molecule has 4 heteroatoms. The molecule has 0 radical (unpaired) electrons. The second-order valence-electron chi connectivity index (χ2n) is 15.0. The number of para-hydroxylation sites is 3. The maximum absolute atomic E-state index is 5.42. The van der Waals surface area contributed by atoms with Crippen LogP contribution in [0.25, 0.3) is 110 Å². The zero-order chi connectivity index (χ0) is 39.5. The summed E-state index contributed by atoms with van der Waals surface area (Å²) in [6.07, 6.45) is 8.21. The molecule has 278 valence electrons. The molecule has 59 heavy (non-hydrogen) atoms.